The summed E-state index contributed by atoms with van der Waals surface area (Å²) in [6.45, 7) is 1.78. The summed E-state index contributed by atoms with van der Waals surface area (Å²) in [5.41, 5.74) is 6.79. The fourth-order valence-corrected chi connectivity index (χ4v) is 1.95. The summed E-state index contributed by atoms with van der Waals surface area (Å²) >= 11 is 0. The summed E-state index contributed by atoms with van der Waals surface area (Å²) in [4.78, 5) is 24.8. The van der Waals surface area contributed by atoms with Crippen LogP contribution >= 0.6 is 0 Å². The zero-order chi connectivity index (χ0) is 13.4. The fraction of sp³-hybridized carbons (Fsp3) is 0.167. The first-order chi connectivity index (χ1) is 9.18. The topological polar surface area (TPSA) is 91.1 Å². The lowest BCUT2D eigenvalue weighted by atomic mass is 10.3. The van der Waals surface area contributed by atoms with Crippen LogP contribution in [0.3, 0.4) is 0 Å². The van der Waals surface area contributed by atoms with Gasteiger partial charge < -0.3 is 5.73 Å². The van der Waals surface area contributed by atoms with E-state index in [2.05, 4.69) is 15.0 Å². The molecule has 0 aliphatic heterocycles. The second-order valence-electron chi connectivity index (χ2n) is 4.21. The van der Waals surface area contributed by atoms with Gasteiger partial charge in [-0.05, 0) is 19.1 Å². The zero-order valence-corrected chi connectivity index (χ0v) is 10.3. The third kappa shape index (κ3) is 1.80. The van der Waals surface area contributed by atoms with Crippen molar-refractivity contribution in [2.75, 3.05) is 0 Å². The molecule has 2 N–H and O–H groups in total. The lowest BCUT2D eigenvalue weighted by Gasteiger charge is -2.14. The van der Waals surface area contributed by atoms with Gasteiger partial charge in [0.15, 0.2) is 0 Å². The number of nitrogens with two attached hydrogens (primary N) is 1. The number of fused-ring (bicyclic) bond motifs is 1. The standard InChI is InChI=1S/C12H12N6O/c1-8(13)11-16-10-3-2-4-17(10)12(19)18(11)9-5-14-7-15-6-9/h2-8H,13H2,1H3/t8-/m0/s1. The van der Waals surface area contributed by atoms with E-state index in [1.807, 2.05) is 0 Å². The summed E-state index contributed by atoms with van der Waals surface area (Å²) in [6, 6.07) is 3.15. The summed E-state index contributed by atoms with van der Waals surface area (Å²) < 4.78 is 2.89. The van der Waals surface area contributed by atoms with Gasteiger partial charge in [-0.15, -0.1) is 0 Å². The molecule has 1 atom stereocenters. The van der Waals surface area contributed by atoms with Crippen LogP contribution in [0.2, 0.25) is 0 Å². The van der Waals surface area contributed by atoms with E-state index in [-0.39, 0.29) is 11.7 Å². The molecule has 0 radical (unpaired) electrons. The normalized spacial score (nSPS) is 12.7. The van der Waals surface area contributed by atoms with Crippen LogP contribution < -0.4 is 11.4 Å². The van der Waals surface area contributed by atoms with Gasteiger partial charge in [0.25, 0.3) is 0 Å². The predicted octanol–water partition coefficient (Wildman–Crippen LogP) is 0.295. The van der Waals surface area contributed by atoms with Gasteiger partial charge in [0.2, 0.25) is 0 Å². The van der Waals surface area contributed by atoms with E-state index in [1.54, 1.807) is 37.6 Å². The largest absolute Gasteiger partial charge is 0.340 e. The van der Waals surface area contributed by atoms with Crippen LogP contribution in [0.25, 0.3) is 11.3 Å². The van der Waals surface area contributed by atoms with Gasteiger partial charge in [-0.2, -0.15) is 0 Å². The Morgan fingerprint density at radius 1 is 1.32 bits per heavy atom. The average molecular weight is 256 g/mol. The first kappa shape index (κ1) is 11.5. The first-order valence-corrected chi connectivity index (χ1v) is 5.79. The van der Waals surface area contributed by atoms with Crippen molar-refractivity contribution in [3.05, 3.63) is 53.4 Å². The molecule has 0 aromatic carbocycles. The van der Waals surface area contributed by atoms with Crippen molar-refractivity contribution in [1.29, 1.82) is 0 Å². The molecule has 3 aromatic heterocycles. The SMILES string of the molecule is C[C@H](N)c1nc2cccn2c(=O)n1-c1cncnc1. The molecule has 0 aliphatic rings. The van der Waals surface area contributed by atoms with Crippen molar-refractivity contribution < 1.29 is 0 Å². The Labute approximate surface area is 108 Å². The van der Waals surface area contributed by atoms with Crippen molar-refractivity contribution in [1.82, 2.24) is 23.9 Å². The molecule has 0 saturated carbocycles. The van der Waals surface area contributed by atoms with Crippen LogP contribution in [-0.4, -0.2) is 23.9 Å². The Hall–Kier alpha value is -2.54. The number of nitrogens with zero attached hydrogens (tertiary/aromatic N) is 5. The molecule has 0 unspecified atom stereocenters. The molecule has 0 fully saturated rings. The average Bonchev–Trinajstić information content (AvgIpc) is 2.88. The van der Waals surface area contributed by atoms with Gasteiger partial charge in [-0.25, -0.2) is 24.3 Å². The molecular weight excluding hydrogens is 244 g/mol. The maximum Gasteiger partial charge on any atom is 0.340 e. The number of hydrogen-bond donors (Lipinski definition) is 1. The minimum Gasteiger partial charge on any atom is -0.322 e. The van der Waals surface area contributed by atoms with Gasteiger partial charge in [0.1, 0.15) is 17.8 Å². The van der Waals surface area contributed by atoms with Crippen molar-refractivity contribution in [2.24, 2.45) is 5.73 Å². The molecule has 0 amide bonds. The quantitative estimate of drug-likeness (QED) is 0.711. The molecule has 19 heavy (non-hydrogen) atoms. The van der Waals surface area contributed by atoms with Crippen LogP contribution in [0.4, 0.5) is 0 Å². The van der Waals surface area contributed by atoms with Crippen LogP contribution in [0.1, 0.15) is 18.8 Å². The Morgan fingerprint density at radius 2 is 2.05 bits per heavy atom. The smallest absolute Gasteiger partial charge is 0.322 e. The summed E-state index contributed by atoms with van der Waals surface area (Å²) in [5.74, 6) is 0.478. The highest BCUT2D eigenvalue weighted by Gasteiger charge is 2.15. The van der Waals surface area contributed by atoms with Crippen molar-refractivity contribution in [2.45, 2.75) is 13.0 Å². The highest BCUT2D eigenvalue weighted by Crippen LogP contribution is 2.11. The number of hydrogen-bond acceptors (Lipinski definition) is 5. The van der Waals surface area contributed by atoms with E-state index in [0.29, 0.717) is 17.2 Å². The molecule has 0 saturated heterocycles. The van der Waals surface area contributed by atoms with Crippen LogP contribution in [0.15, 0.2) is 41.8 Å². The maximum atomic E-state index is 12.5. The third-order valence-electron chi connectivity index (χ3n) is 2.80. The summed E-state index contributed by atoms with van der Waals surface area (Å²) in [7, 11) is 0. The second-order valence-corrected chi connectivity index (χ2v) is 4.21. The Bertz CT molecular complexity index is 774. The van der Waals surface area contributed by atoms with Crippen LogP contribution in [-0.2, 0) is 0 Å². The predicted molar refractivity (Wildman–Crippen MR) is 69.0 cm³/mol. The zero-order valence-electron chi connectivity index (χ0n) is 10.3. The van der Waals surface area contributed by atoms with Gasteiger partial charge >= 0.3 is 5.69 Å². The van der Waals surface area contributed by atoms with Gasteiger partial charge in [-0.3, -0.25) is 4.40 Å². The monoisotopic (exact) mass is 256 g/mol. The van der Waals surface area contributed by atoms with E-state index in [1.165, 1.54) is 15.3 Å². The lowest BCUT2D eigenvalue weighted by Crippen LogP contribution is -2.31. The summed E-state index contributed by atoms with van der Waals surface area (Å²) in [5, 5.41) is 0. The minimum atomic E-state index is -0.382. The molecule has 0 aliphatic carbocycles. The lowest BCUT2D eigenvalue weighted by molar-refractivity contribution is 0.665. The Morgan fingerprint density at radius 3 is 2.74 bits per heavy atom. The molecule has 0 spiro atoms. The Kier molecular flexibility index (Phi) is 2.60. The highest BCUT2D eigenvalue weighted by atomic mass is 16.1. The molecule has 7 nitrogen and oxygen atoms in total. The van der Waals surface area contributed by atoms with Crippen molar-refractivity contribution >= 4 is 5.65 Å². The minimum absolute atomic E-state index is 0.239. The molecule has 96 valence electrons. The first-order valence-electron chi connectivity index (χ1n) is 5.79. The van der Waals surface area contributed by atoms with E-state index in [4.69, 9.17) is 5.73 Å². The van der Waals surface area contributed by atoms with E-state index >= 15 is 0 Å². The van der Waals surface area contributed by atoms with E-state index in [0.717, 1.165) is 0 Å². The molecule has 3 aromatic rings. The Balaban J connectivity index is 2.41. The molecule has 7 heteroatoms. The highest BCUT2D eigenvalue weighted by molar-refractivity contribution is 5.40. The summed E-state index contributed by atoms with van der Waals surface area (Å²) in [6.07, 6.45) is 6.17. The van der Waals surface area contributed by atoms with Gasteiger partial charge in [0, 0.05) is 6.20 Å². The number of aromatic nitrogens is 5. The third-order valence-corrected chi connectivity index (χ3v) is 2.80. The second kappa shape index (κ2) is 4.29. The molecule has 3 rings (SSSR count). The number of rotatable bonds is 2. The van der Waals surface area contributed by atoms with Gasteiger partial charge in [-0.1, -0.05) is 0 Å². The van der Waals surface area contributed by atoms with Crippen LogP contribution in [0, 0.1) is 0 Å². The van der Waals surface area contributed by atoms with Crippen LogP contribution in [0.5, 0.6) is 0 Å². The van der Waals surface area contributed by atoms with Gasteiger partial charge in [0.05, 0.1) is 24.1 Å². The molecule has 0 bridgehead atoms. The fourth-order valence-electron chi connectivity index (χ4n) is 1.95. The van der Waals surface area contributed by atoms with Crippen molar-refractivity contribution in [3.8, 4) is 5.69 Å². The molecular formula is C12H12N6O. The molecule has 3 heterocycles. The van der Waals surface area contributed by atoms with E-state index in [9.17, 15) is 4.79 Å². The van der Waals surface area contributed by atoms with Crippen molar-refractivity contribution in [3.63, 3.8) is 0 Å². The van der Waals surface area contributed by atoms with E-state index < -0.39 is 0 Å². The maximum absolute atomic E-state index is 12.5.